The average molecular weight is 551 g/mol. The number of ether oxygens (including phenoxy) is 4. The summed E-state index contributed by atoms with van der Waals surface area (Å²) in [5.41, 5.74) is 1.86. The van der Waals surface area contributed by atoms with Crippen LogP contribution < -0.4 is 18.9 Å². The van der Waals surface area contributed by atoms with E-state index in [9.17, 15) is 13.2 Å². The fourth-order valence-electron chi connectivity index (χ4n) is 4.80. The van der Waals surface area contributed by atoms with Crippen LogP contribution in [0.5, 0.6) is 23.4 Å². The van der Waals surface area contributed by atoms with Gasteiger partial charge in [0.15, 0.2) is 5.69 Å². The second-order valence-corrected chi connectivity index (χ2v) is 9.98. The first-order chi connectivity index (χ1) is 17.9. The zero-order chi connectivity index (χ0) is 27.8. The van der Waals surface area contributed by atoms with E-state index in [4.69, 9.17) is 30.5 Å². The van der Waals surface area contributed by atoms with E-state index in [1.54, 1.807) is 6.92 Å². The molecule has 0 spiro atoms. The van der Waals surface area contributed by atoms with Crippen molar-refractivity contribution >= 4 is 11.6 Å². The van der Waals surface area contributed by atoms with Crippen molar-refractivity contribution in [1.29, 1.82) is 0 Å². The molecular weight excluding hydrogens is 521 g/mol. The number of hydrogen-bond acceptors (Lipinski definition) is 6. The smallest absolute Gasteiger partial charge is 0.434 e. The lowest BCUT2D eigenvalue weighted by Gasteiger charge is -2.41. The second kappa shape index (κ2) is 10.5. The topological polar surface area (TPSA) is 62.7 Å². The zero-order valence-corrected chi connectivity index (χ0v) is 22.9. The average Bonchev–Trinajstić information content (AvgIpc) is 2.90. The van der Waals surface area contributed by atoms with Gasteiger partial charge < -0.3 is 18.9 Å². The molecule has 0 bridgehead atoms. The van der Waals surface area contributed by atoms with E-state index in [2.05, 4.69) is 9.97 Å². The van der Waals surface area contributed by atoms with Gasteiger partial charge in [-0.2, -0.15) is 23.1 Å². The first-order valence-corrected chi connectivity index (χ1v) is 12.5. The fourth-order valence-corrected chi connectivity index (χ4v) is 5.15. The Morgan fingerprint density at radius 1 is 1.03 bits per heavy atom. The standard InChI is InChI=1S/C28H30ClF3N2O4/c1-15-16(2)22-19(17(3)21(15)37-14-18-10-8-7-9-11-18)12-13-27(4,38-22)23(29)20-24(28(30,31)32)33-26(36-6)34-25(20)35-5/h7-11,23H,12-14H2,1-6H3. The van der Waals surface area contributed by atoms with E-state index in [1.165, 1.54) is 14.2 Å². The quantitative estimate of drug-likeness (QED) is 0.293. The minimum Gasteiger partial charge on any atom is -0.488 e. The highest BCUT2D eigenvalue weighted by Crippen LogP contribution is 2.51. The van der Waals surface area contributed by atoms with Crippen LogP contribution in [-0.2, 0) is 19.2 Å². The van der Waals surface area contributed by atoms with Crippen LogP contribution in [0.15, 0.2) is 30.3 Å². The summed E-state index contributed by atoms with van der Waals surface area (Å²) < 4.78 is 65.0. The van der Waals surface area contributed by atoms with Crippen LogP contribution in [0.25, 0.3) is 0 Å². The molecule has 38 heavy (non-hydrogen) atoms. The normalized spacial score (nSPS) is 17.8. The summed E-state index contributed by atoms with van der Waals surface area (Å²) in [5.74, 6) is 1.08. The molecule has 2 heterocycles. The van der Waals surface area contributed by atoms with Gasteiger partial charge in [0.05, 0.1) is 19.8 Å². The molecule has 0 saturated heterocycles. The largest absolute Gasteiger partial charge is 0.488 e. The molecule has 0 radical (unpaired) electrons. The summed E-state index contributed by atoms with van der Waals surface area (Å²) in [6, 6.07) is 9.40. The highest BCUT2D eigenvalue weighted by molar-refractivity contribution is 6.22. The van der Waals surface area contributed by atoms with Gasteiger partial charge in [0.25, 0.3) is 0 Å². The molecule has 0 saturated carbocycles. The Morgan fingerprint density at radius 2 is 1.71 bits per heavy atom. The minimum atomic E-state index is -4.82. The summed E-state index contributed by atoms with van der Waals surface area (Å²) in [5, 5.41) is -1.28. The summed E-state index contributed by atoms with van der Waals surface area (Å²) in [7, 11) is 2.41. The molecule has 3 aromatic rings. The van der Waals surface area contributed by atoms with Gasteiger partial charge in [0, 0.05) is 5.56 Å². The number of aromatic nitrogens is 2. The van der Waals surface area contributed by atoms with Crippen LogP contribution in [0.1, 0.15) is 57.8 Å². The maximum atomic E-state index is 14.1. The van der Waals surface area contributed by atoms with Crippen LogP contribution in [0.2, 0.25) is 0 Å². The van der Waals surface area contributed by atoms with E-state index < -0.39 is 28.9 Å². The fraction of sp³-hybridized carbons (Fsp3) is 0.429. The minimum absolute atomic E-state index is 0.312. The van der Waals surface area contributed by atoms with Gasteiger partial charge >= 0.3 is 12.2 Å². The molecule has 1 aromatic heterocycles. The predicted octanol–water partition coefficient (Wildman–Crippen LogP) is 7.08. The Bertz CT molecular complexity index is 1330. The first kappa shape index (κ1) is 27.8. The molecule has 0 N–H and O–H groups in total. The van der Waals surface area contributed by atoms with Gasteiger partial charge in [-0.25, -0.2) is 0 Å². The van der Waals surface area contributed by atoms with E-state index >= 15 is 0 Å². The van der Waals surface area contributed by atoms with Gasteiger partial charge in [-0.15, -0.1) is 11.6 Å². The van der Waals surface area contributed by atoms with Gasteiger partial charge in [-0.05, 0) is 62.8 Å². The first-order valence-electron chi connectivity index (χ1n) is 12.1. The lowest BCUT2D eigenvalue weighted by molar-refractivity contribution is -0.142. The van der Waals surface area contributed by atoms with Crippen LogP contribution in [0.3, 0.4) is 0 Å². The van der Waals surface area contributed by atoms with Crippen molar-refractivity contribution in [3.05, 3.63) is 69.4 Å². The van der Waals surface area contributed by atoms with Crippen molar-refractivity contribution in [2.45, 2.75) is 64.3 Å². The number of benzene rings is 2. The number of alkyl halides is 4. The molecule has 2 aromatic carbocycles. The number of hydrogen-bond donors (Lipinski definition) is 0. The van der Waals surface area contributed by atoms with E-state index in [1.807, 2.05) is 51.1 Å². The van der Waals surface area contributed by atoms with Crippen molar-refractivity contribution in [2.24, 2.45) is 0 Å². The highest BCUT2D eigenvalue weighted by atomic mass is 35.5. The number of rotatable bonds is 7. The van der Waals surface area contributed by atoms with Crippen LogP contribution in [0, 0.1) is 20.8 Å². The maximum Gasteiger partial charge on any atom is 0.434 e. The lowest BCUT2D eigenvalue weighted by atomic mass is 9.83. The Balaban J connectivity index is 1.72. The SMILES string of the molecule is COc1nc(OC)c(C(Cl)C2(C)CCc3c(C)c(OCc4ccccc4)c(C)c(C)c3O2)c(C(F)(F)F)n1. The zero-order valence-electron chi connectivity index (χ0n) is 22.1. The maximum absolute atomic E-state index is 14.1. The van der Waals surface area contributed by atoms with Gasteiger partial charge in [0.2, 0.25) is 5.88 Å². The molecule has 0 aliphatic carbocycles. The van der Waals surface area contributed by atoms with Gasteiger partial charge in [0.1, 0.15) is 29.1 Å². The Morgan fingerprint density at radius 3 is 2.32 bits per heavy atom. The number of nitrogens with zero attached hydrogens (tertiary/aromatic N) is 2. The van der Waals surface area contributed by atoms with E-state index in [0.29, 0.717) is 25.2 Å². The van der Waals surface area contributed by atoms with Crippen molar-refractivity contribution in [3.8, 4) is 23.4 Å². The molecule has 0 amide bonds. The Hall–Kier alpha value is -3.20. The lowest BCUT2D eigenvalue weighted by Crippen LogP contribution is -2.42. The highest BCUT2D eigenvalue weighted by Gasteiger charge is 2.48. The molecule has 4 rings (SSSR count). The third-order valence-electron chi connectivity index (χ3n) is 7.07. The third kappa shape index (κ3) is 5.08. The molecule has 0 fully saturated rings. The number of methoxy groups -OCH3 is 2. The van der Waals surface area contributed by atoms with Crippen LogP contribution >= 0.6 is 11.6 Å². The molecule has 1 aliphatic rings. The third-order valence-corrected chi connectivity index (χ3v) is 7.75. The van der Waals surface area contributed by atoms with Crippen molar-refractivity contribution < 1.29 is 32.1 Å². The molecule has 6 nitrogen and oxygen atoms in total. The molecule has 1 aliphatic heterocycles. The van der Waals surface area contributed by atoms with Crippen molar-refractivity contribution in [2.75, 3.05) is 14.2 Å². The monoisotopic (exact) mass is 550 g/mol. The second-order valence-electron chi connectivity index (χ2n) is 9.54. The molecule has 2 unspecified atom stereocenters. The van der Waals surface area contributed by atoms with Crippen molar-refractivity contribution in [3.63, 3.8) is 0 Å². The van der Waals surface area contributed by atoms with Crippen molar-refractivity contribution in [1.82, 2.24) is 9.97 Å². The molecule has 10 heteroatoms. The number of fused-ring (bicyclic) bond motifs is 1. The van der Waals surface area contributed by atoms with E-state index in [0.717, 1.165) is 33.6 Å². The van der Waals surface area contributed by atoms with E-state index in [-0.39, 0.29) is 11.4 Å². The van der Waals surface area contributed by atoms with Crippen LogP contribution in [-0.4, -0.2) is 29.8 Å². The Kier molecular flexibility index (Phi) is 7.70. The summed E-state index contributed by atoms with van der Waals surface area (Å²) in [6.07, 6.45) is -3.94. The van der Waals surface area contributed by atoms with Gasteiger partial charge in [-0.3, -0.25) is 0 Å². The summed E-state index contributed by atoms with van der Waals surface area (Å²) in [6.45, 7) is 7.94. The van der Waals surface area contributed by atoms with Gasteiger partial charge in [-0.1, -0.05) is 30.3 Å². The molecule has 204 valence electrons. The summed E-state index contributed by atoms with van der Waals surface area (Å²) >= 11 is 6.81. The van der Waals surface area contributed by atoms with Crippen LogP contribution in [0.4, 0.5) is 13.2 Å². The number of halogens is 4. The molecular formula is C28H30ClF3N2O4. The molecule has 2 atom stereocenters. The Labute approximate surface area is 225 Å². The summed E-state index contributed by atoms with van der Waals surface area (Å²) in [4.78, 5) is 7.54. The predicted molar refractivity (Wildman–Crippen MR) is 138 cm³/mol.